The Kier molecular flexibility index (Phi) is 4.24. The standard InChI is InChI=1S/C10H10ClNO2/c1-14-10-9(11)6-5-8(12-10)4-2-3-7-13/h5-6,13H,3,7H2,1H3. The first-order valence-electron chi connectivity index (χ1n) is 4.08. The number of rotatable bonds is 2. The van der Waals surface area contributed by atoms with Crippen LogP contribution in [0.25, 0.3) is 0 Å². The first-order valence-corrected chi connectivity index (χ1v) is 4.46. The van der Waals surface area contributed by atoms with Gasteiger partial charge >= 0.3 is 0 Å². The zero-order valence-electron chi connectivity index (χ0n) is 7.75. The van der Waals surface area contributed by atoms with Gasteiger partial charge in [0.05, 0.1) is 13.7 Å². The van der Waals surface area contributed by atoms with Crippen LogP contribution in [0.15, 0.2) is 12.1 Å². The summed E-state index contributed by atoms with van der Waals surface area (Å²) in [6.45, 7) is 0.0533. The van der Waals surface area contributed by atoms with Crippen LogP contribution in [0.5, 0.6) is 5.88 Å². The van der Waals surface area contributed by atoms with Gasteiger partial charge in [-0.05, 0) is 18.1 Å². The van der Waals surface area contributed by atoms with Crippen LogP contribution < -0.4 is 4.74 Å². The van der Waals surface area contributed by atoms with Crippen LogP contribution in [0.1, 0.15) is 12.1 Å². The van der Waals surface area contributed by atoms with E-state index >= 15 is 0 Å². The van der Waals surface area contributed by atoms with Gasteiger partial charge < -0.3 is 9.84 Å². The van der Waals surface area contributed by atoms with E-state index in [1.54, 1.807) is 12.1 Å². The number of hydrogen-bond donors (Lipinski definition) is 1. The maximum Gasteiger partial charge on any atom is 0.233 e. The average molecular weight is 212 g/mol. The molecule has 1 aromatic rings. The lowest BCUT2D eigenvalue weighted by Gasteiger charge is -2.00. The molecule has 1 heterocycles. The Hall–Kier alpha value is -1.24. The molecule has 1 rings (SSSR count). The van der Waals surface area contributed by atoms with E-state index in [-0.39, 0.29) is 6.61 Å². The van der Waals surface area contributed by atoms with Crippen molar-refractivity contribution in [2.75, 3.05) is 13.7 Å². The molecule has 74 valence electrons. The van der Waals surface area contributed by atoms with E-state index in [4.69, 9.17) is 21.4 Å². The third-order valence-corrected chi connectivity index (χ3v) is 1.75. The van der Waals surface area contributed by atoms with Gasteiger partial charge in [0, 0.05) is 6.42 Å². The van der Waals surface area contributed by atoms with E-state index in [0.29, 0.717) is 23.0 Å². The quantitative estimate of drug-likeness (QED) is 0.754. The second kappa shape index (κ2) is 5.48. The molecular weight excluding hydrogens is 202 g/mol. The summed E-state index contributed by atoms with van der Waals surface area (Å²) in [6.07, 6.45) is 0.437. The number of hydrogen-bond acceptors (Lipinski definition) is 3. The molecule has 0 saturated heterocycles. The number of aliphatic hydroxyl groups excluding tert-OH is 1. The number of ether oxygens (including phenoxy) is 1. The number of methoxy groups -OCH3 is 1. The lowest BCUT2D eigenvalue weighted by molar-refractivity contribution is 0.305. The Morgan fingerprint density at radius 1 is 1.57 bits per heavy atom. The zero-order valence-corrected chi connectivity index (χ0v) is 8.51. The number of halogens is 1. The van der Waals surface area contributed by atoms with Crippen molar-refractivity contribution >= 4 is 11.6 Å². The first kappa shape index (κ1) is 10.8. The molecule has 0 saturated carbocycles. The molecule has 0 aromatic carbocycles. The Balaban J connectivity index is 2.86. The highest BCUT2D eigenvalue weighted by Crippen LogP contribution is 2.20. The molecule has 0 bridgehead atoms. The lowest BCUT2D eigenvalue weighted by atomic mass is 10.3. The van der Waals surface area contributed by atoms with E-state index in [0.717, 1.165) is 0 Å². The van der Waals surface area contributed by atoms with Crippen molar-refractivity contribution in [1.29, 1.82) is 0 Å². The smallest absolute Gasteiger partial charge is 0.233 e. The molecule has 0 unspecified atom stereocenters. The predicted molar refractivity (Wildman–Crippen MR) is 54.4 cm³/mol. The molecule has 0 atom stereocenters. The molecule has 0 aliphatic rings. The van der Waals surface area contributed by atoms with Gasteiger partial charge in [-0.25, -0.2) is 4.98 Å². The molecule has 1 N–H and O–H groups in total. The van der Waals surface area contributed by atoms with Crippen molar-refractivity contribution in [1.82, 2.24) is 4.98 Å². The molecule has 0 spiro atoms. The van der Waals surface area contributed by atoms with Gasteiger partial charge in [-0.15, -0.1) is 0 Å². The molecule has 1 aromatic heterocycles. The van der Waals surface area contributed by atoms with E-state index in [9.17, 15) is 0 Å². The number of aliphatic hydroxyl groups is 1. The van der Waals surface area contributed by atoms with E-state index < -0.39 is 0 Å². The summed E-state index contributed by atoms with van der Waals surface area (Å²) >= 11 is 5.78. The minimum absolute atomic E-state index is 0.0533. The second-order valence-electron chi connectivity index (χ2n) is 2.46. The number of nitrogens with zero attached hydrogens (tertiary/aromatic N) is 1. The maximum absolute atomic E-state index is 8.52. The molecule has 0 aliphatic carbocycles. The molecule has 0 fully saturated rings. The zero-order chi connectivity index (χ0) is 10.4. The SMILES string of the molecule is COc1nc(C#CCCO)ccc1Cl. The molecule has 0 aliphatic heterocycles. The van der Waals surface area contributed by atoms with E-state index in [1.807, 2.05) is 0 Å². The van der Waals surface area contributed by atoms with Gasteiger partial charge in [-0.1, -0.05) is 17.5 Å². The fraction of sp³-hybridized carbons (Fsp3) is 0.300. The van der Waals surface area contributed by atoms with Crippen LogP contribution in [-0.4, -0.2) is 23.8 Å². The van der Waals surface area contributed by atoms with Crippen LogP contribution in [0.4, 0.5) is 0 Å². The highest BCUT2D eigenvalue weighted by Gasteiger charge is 2.01. The Labute approximate surface area is 87.7 Å². The van der Waals surface area contributed by atoms with Crippen molar-refractivity contribution in [2.24, 2.45) is 0 Å². The maximum atomic E-state index is 8.52. The summed E-state index contributed by atoms with van der Waals surface area (Å²) in [5, 5.41) is 8.98. The van der Waals surface area contributed by atoms with E-state index in [2.05, 4.69) is 16.8 Å². The van der Waals surface area contributed by atoms with Gasteiger partial charge in [0.15, 0.2) is 0 Å². The van der Waals surface area contributed by atoms with Gasteiger partial charge in [-0.2, -0.15) is 0 Å². The second-order valence-corrected chi connectivity index (χ2v) is 2.87. The van der Waals surface area contributed by atoms with Gasteiger partial charge in [0.25, 0.3) is 0 Å². The molecule has 0 amide bonds. The minimum atomic E-state index is 0.0533. The van der Waals surface area contributed by atoms with E-state index in [1.165, 1.54) is 7.11 Å². The van der Waals surface area contributed by atoms with Gasteiger partial charge in [0.2, 0.25) is 5.88 Å². The van der Waals surface area contributed by atoms with Gasteiger partial charge in [-0.3, -0.25) is 0 Å². The van der Waals surface area contributed by atoms with Crippen molar-refractivity contribution in [3.05, 3.63) is 22.8 Å². The monoisotopic (exact) mass is 211 g/mol. The summed E-state index contributed by atoms with van der Waals surface area (Å²) in [5.41, 5.74) is 0.583. The largest absolute Gasteiger partial charge is 0.480 e. The molecule has 4 heteroatoms. The summed E-state index contributed by atoms with van der Waals surface area (Å²) in [5.74, 6) is 5.91. The topological polar surface area (TPSA) is 42.4 Å². The molecule has 14 heavy (non-hydrogen) atoms. The van der Waals surface area contributed by atoms with Gasteiger partial charge in [0.1, 0.15) is 10.7 Å². The summed E-state index contributed by atoms with van der Waals surface area (Å²) in [7, 11) is 1.50. The van der Waals surface area contributed by atoms with Crippen molar-refractivity contribution in [3.63, 3.8) is 0 Å². The molecular formula is C10H10ClNO2. The average Bonchev–Trinajstić information content (AvgIpc) is 2.21. The van der Waals surface area contributed by atoms with Crippen LogP contribution in [0.3, 0.4) is 0 Å². The summed E-state index contributed by atoms with van der Waals surface area (Å²) < 4.78 is 4.93. The first-order chi connectivity index (χ1) is 6.77. The fourth-order valence-electron chi connectivity index (χ4n) is 0.845. The predicted octanol–water partition coefficient (Wildman–Crippen LogP) is 1.48. The third kappa shape index (κ3) is 2.91. The Bertz CT molecular complexity index is 368. The molecule has 3 nitrogen and oxygen atoms in total. The van der Waals surface area contributed by atoms with Crippen molar-refractivity contribution in [3.8, 4) is 17.7 Å². The fourth-order valence-corrected chi connectivity index (χ4v) is 1.03. The normalized spacial score (nSPS) is 9.07. The van der Waals surface area contributed by atoms with Crippen molar-refractivity contribution in [2.45, 2.75) is 6.42 Å². The highest BCUT2D eigenvalue weighted by molar-refractivity contribution is 6.31. The lowest BCUT2D eigenvalue weighted by Crippen LogP contribution is -1.91. The summed E-state index contributed by atoms with van der Waals surface area (Å²) in [4.78, 5) is 4.05. The highest BCUT2D eigenvalue weighted by atomic mass is 35.5. The minimum Gasteiger partial charge on any atom is -0.480 e. The molecule has 0 radical (unpaired) electrons. The van der Waals surface area contributed by atoms with Crippen LogP contribution in [-0.2, 0) is 0 Å². The number of pyridine rings is 1. The number of aromatic nitrogens is 1. The Morgan fingerprint density at radius 3 is 3.00 bits per heavy atom. The van der Waals surface area contributed by atoms with Crippen LogP contribution in [0.2, 0.25) is 5.02 Å². The summed E-state index contributed by atoms with van der Waals surface area (Å²) in [6, 6.07) is 3.38. The Morgan fingerprint density at radius 2 is 2.36 bits per heavy atom. The van der Waals surface area contributed by atoms with Crippen LogP contribution in [0, 0.1) is 11.8 Å². The van der Waals surface area contributed by atoms with Crippen LogP contribution >= 0.6 is 11.6 Å². The van der Waals surface area contributed by atoms with Crippen molar-refractivity contribution < 1.29 is 9.84 Å². The third-order valence-electron chi connectivity index (χ3n) is 1.46.